The maximum Gasteiger partial charge on any atom is 0.393 e. The van der Waals surface area contributed by atoms with Crippen LogP contribution in [0.1, 0.15) is 18.4 Å². The molecule has 116 valence electrons. The molecule has 0 saturated heterocycles. The number of carboxylic acids is 1. The average Bonchev–Trinajstić information content (AvgIpc) is 2.32. The fraction of sp³-hybridized carbons (Fsp3) is 0.385. The van der Waals surface area contributed by atoms with E-state index in [9.17, 15) is 22.8 Å². The van der Waals surface area contributed by atoms with E-state index in [1.54, 1.807) is 0 Å². The van der Waals surface area contributed by atoms with E-state index < -0.39 is 24.6 Å². The standard InChI is InChI=1S/C13H15F3N2O3/c14-13(15,16)8-9-3-1-4-10(7-9)18-12(21)17-6-2-5-11(19)20/h1,3-4,7H,2,5-6,8H2,(H,19,20)(H2,17,18,21). The first-order valence-corrected chi connectivity index (χ1v) is 6.18. The van der Waals surface area contributed by atoms with E-state index in [0.29, 0.717) is 0 Å². The number of hydrogen-bond donors (Lipinski definition) is 3. The van der Waals surface area contributed by atoms with Crippen LogP contribution in [0.15, 0.2) is 24.3 Å². The molecule has 1 rings (SSSR count). The summed E-state index contributed by atoms with van der Waals surface area (Å²) in [7, 11) is 0. The van der Waals surface area contributed by atoms with E-state index in [-0.39, 0.29) is 30.6 Å². The van der Waals surface area contributed by atoms with Crippen LogP contribution < -0.4 is 10.6 Å². The Bertz CT molecular complexity index is 504. The number of urea groups is 1. The lowest BCUT2D eigenvalue weighted by Crippen LogP contribution is -2.29. The number of nitrogens with one attached hydrogen (secondary N) is 2. The number of carboxylic acid groups (broad SMARTS) is 1. The quantitative estimate of drug-likeness (QED) is 0.707. The molecule has 3 N–H and O–H groups in total. The molecule has 0 aliphatic carbocycles. The molecule has 5 nitrogen and oxygen atoms in total. The first-order chi connectivity index (χ1) is 9.76. The minimum absolute atomic E-state index is 0.0474. The van der Waals surface area contributed by atoms with Gasteiger partial charge in [-0.05, 0) is 24.1 Å². The largest absolute Gasteiger partial charge is 0.481 e. The van der Waals surface area contributed by atoms with Crippen LogP contribution in [-0.4, -0.2) is 29.8 Å². The number of carbonyl (C=O) groups is 2. The summed E-state index contributed by atoms with van der Waals surface area (Å²) in [5, 5.41) is 13.2. The molecule has 21 heavy (non-hydrogen) atoms. The Morgan fingerprint density at radius 2 is 1.95 bits per heavy atom. The van der Waals surface area contributed by atoms with E-state index in [4.69, 9.17) is 5.11 Å². The summed E-state index contributed by atoms with van der Waals surface area (Å²) in [6.45, 7) is 0.167. The maximum absolute atomic E-state index is 12.3. The third-order valence-corrected chi connectivity index (χ3v) is 2.44. The second kappa shape index (κ2) is 7.51. The summed E-state index contributed by atoms with van der Waals surface area (Å²) in [5.74, 6) is -0.961. The van der Waals surface area contributed by atoms with Crippen molar-refractivity contribution < 1.29 is 27.9 Å². The lowest BCUT2D eigenvalue weighted by Gasteiger charge is -2.10. The Hall–Kier alpha value is -2.25. The Labute approximate surface area is 119 Å². The molecule has 1 aromatic rings. The van der Waals surface area contributed by atoms with Gasteiger partial charge in [-0.2, -0.15) is 13.2 Å². The van der Waals surface area contributed by atoms with Gasteiger partial charge in [-0.15, -0.1) is 0 Å². The zero-order valence-electron chi connectivity index (χ0n) is 11.0. The Kier molecular flexibility index (Phi) is 6.01. The van der Waals surface area contributed by atoms with Crippen molar-refractivity contribution in [2.24, 2.45) is 0 Å². The molecule has 0 bridgehead atoms. The van der Waals surface area contributed by atoms with Gasteiger partial charge in [-0.1, -0.05) is 12.1 Å². The van der Waals surface area contributed by atoms with Gasteiger partial charge in [0.25, 0.3) is 0 Å². The molecule has 0 atom stereocenters. The van der Waals surface area contributed by atoms with Crippen molar-refractivity contribution in [3.8, 4) is 0 Å². The molecule has 8 heteroatoms. The van der Waals surface area contributed by atoms with Gasteiger partial charge in [-0.25, -0.2) is 4.79 Å². The van der Waals surface area contributed by atoms with Crippen LogP contribution in [0.2, 0.25) is 0 Å². The third kappa shape index (κ3) is 7.81. The molecule has 0 aliphatic rings. The van der Waals surface area contributed by atoms with Crippen molar-refractivity contribution >= 4 is 17.7 Å². The van der Waals surface area contributed by atoms with Crippen molar-refractivity contribution in [1.82, 2.24) is 5.32 Å². The number of alkyl halides is 3. The van der Waals surface area contributed by atoms with Crippen molar-refractivity contribution in [3.63, 3.8) is 0 Å². The normalized spacial score (nSPS) is 11.0. The highest BCUT2D eigenvalue weighted by atomic mass is 19.4. The van der Waals surface area contributed by atoms with Crippen LogP contribution in [0.3, 0.4) is 0 Å². The van der Waals surface area contributed by atoms with E-state index in [1.807, 2.05) is 0 Å². The zero-order chi connectivity index (χ0) is 15.9. The predicted molar refractivity (Wildman–Crippen MR) is 70.1 cm³/mol. The number of aliphatic carboxylic acids is 1. The van der Waals surface area contributed by atoms with Crippen LogP contribution in [0.4, 0.5) is 23.7 Å². The van der Waals surface area contributed by atoms with Crippen molar-refractivity contribution in [2.75, 3.05) is 11.9 Å². The van der Waals surface area contributed by atoms with Crippen LogP contribution in [-0.2, 0) is 11.2 Å². The molecule has 2 amide bonds. The summed E-state index contributed by atoms with van der Waals surface area (Å²) in [5.41, 5.74) is 0.290. The predicted octanol–water partition coefficient (Wildman–Crippen LogP) is 2.78. The van der Waals surface area contributed by atoms with Gasteiger partial charge in [0, 0.05) is 18.7 Å². The Morgan fingerprint density at radius 3 is 2.57 bits per heavy atom. The maximum atomic E-state index is 12.3. The van der Waals surface area contributed by atoms with Gasteiger partial charge in [0.2, 0.25) is 0 Å². The van der Waals surface area contributed by atoms with Crippen LogP contribution >= 0.6 is 0 Å². The zero-order valence-corrected chi connectivity index (χ0v) is 11.0. The highest BCUT2D eigenvalue weighted by molar-refractivity contribution is 5.89. The summed E-state index contributed by atoms with van der Waals surface area (Å²) in [6, 6.07) is 4.86. The second-order valence-electron chi connectivity index (χ2n) is 4.37. The van der Waals surface area contributed by atoms with Crippen LogP contribution in [0.5, 0.6) is 0 Å². The molecule has 0 fully saturated rings. The first kappa shape index (κ1) is 16.8. The molecule has 0 saturated carbocycles. The van der Waals surface area contributed by atoms with Gasteiger partial charge in [0.15, 0.2) is 0 Å². The summed E-state index contributed by atoms with van der Waals surface area (Å²) >= 11 is 0. The topological polar surface area (TPSA) is 78.4 Å². The number of hydrogen-bond acceptors (Lipinski definition) is 2. The molecular formula is C13H15F3N2O3. The Balaban J connectivity index is 2.45. The van der Waals surface area contributed by atoms with Crippen molar-refractivity contribution in [2.45, 2.75) is 25.4 Å². The molecule has 1 aromatic carbocycles. The number of halogens is 3. The van der Waals surface area contributed by atoms with Gasteiger partial charge in [-0.3, -0.25) is 4.79 Å². The van der Waals surface area contributed by atoms with Crippen molar-refractivity contribution in [1.29, 1.82) is 0 Å². The SMILES string of the molecule is O=C(O)CCCNC(=O)Nc1cccc(CC(F)(F)F)c1. The van der Waals surface area contributed by atoms with Crippen molar-refractivity contribution in [3.05, 3.63) is 29.8 Å². The molecule has 0 aliphatic heterocycles. The smallest absolute Gasteiger partial charge is 0.393 e. The van der Waals surface area contributed by atoms with E-state index in [0.717, 1.165) is 0 Å². The van der Waals surface area contributed by atoms with Gasteiger partial charge in [0.1, 0.15) is 0 Å². The summed E-state index contributed by atoms with van der Waals surface area (Å²) in [4.78, 5) is 21.7. The van der Waals surface area contributed by atoms with Crippen LogP contribution in [0, 0.1) is 0 Å². The number of amides is 2. The third-order valence-electron chi connectivity index (χ3n) is 2.44. The molecule has 0 radical (unpaired) electrons. The number of rotatable bonds is 6. The van der Waals surface area contributed by atoms with E-state index >= 15 is 0 Å². The number of benzene rings is 1. The number of carbonyl (C=O) groups excluding carboxylic acids is 1. The molecule has 0 aromatic heterocycles. The fourth-order valence-electron chi connectivity index (χ4n) is 1.61. The summed E-state index contributed by atoms with van der Waals surface area (Å²) in [6.07, 6.45) is -5.17. The van der Waals surface area contributed by atoms with E-state index in [2.05, 4.69) is 10.6 Å². The minimum Gasteiger partial charge on any atom is -0.481 e. The lowest BCUT2D eigenvalue weighted by atomic mass is 10.1. The molecular weight excluding hydrogens is 289 g/mol. The van der Waals surface area contributed by atoms with Crippen LogP contribution in [0.25, 0.3) is 0 Å². The lowest BCUT2D eigenvalue weighted by molar-refractivity contribution is -0.137. The number of anilines is 1. The minimum atomic E-state index is -4.31. The fourth-order valence-corrected chi connectivity index (χ4v) is 1.61. The second-order valence-corrected chi connectivity index (χ2v) is 4.37. The van der Waals surface area contributed by atoms with Gasteiger partial charge >= 0.3 is 18.2 Å². The molecule has 0 spiro atoms. The average molecular weight is 304 g/mol. The Morgan fingerprint density at radius 1 is 1.24 bits per heavy atom. The molecule has 0 heterocycles. The highest BCUT2D eigenvalue weighted by Gasteiger charge is 2.27. The van der Waals surface area contributed by atoms with E-state index in [1.165, 1.54) is 24.3 Å². The van der Waals surface area contributed by atoms with Gasteiger partial charge in [0.05, 0.1) is 6.42 Å². The monoisotopic (exact) mass is 304 g/mol. The first-order valence-electron chi connectivity index (χ1n) is 6.18. The van der Waals surface area contributed by atoms with Gasteiger partial charge < -0.3 is 15.7 Å². The summed E-state index contributed by atoms with van der Waals surface area (Å²) < 4.78 is 36.8. The highest BCUT2D eigenvalue weighted by Crippen LogP contribution is 2.22. The molecule has 0 unspecified atom stereocenters.